The van der Waals surface area contributed by atoms with Crippen molar-refractivity contribution in [3.05, 3.63) is 0 Å². The molecule has 2 aliphatic rings. The van der Waals surface area contributed by atoms with E-state index in [1.807, 2.05) is 0 Å². The second kappa shape index (κ2) is 4.00. The summed E-state index contributed by atoms with van der Waals surface area (Å²) in [6, 6.07) is 0. The van der Waals surface area contributed by atoms with Crippen LogP contribution in [0.5, 0.6) is 0 Å². The normalized spacial score (nSPS) is 36.8. The van der Waals surface area contributed by atoms with Gasteiger partial charge in [0.25, 0.3) is 0 Å². The molecule has 2 saturated carbocycles. The van der Waals surface area contributed by atoms with Gasteiger partial charge in [0.15, 0.2) is 0 Å². The van der Waals surface area contributed by atoms with Crippen molar-refractivity contribution in [2.75, 3.05) is 6.54 Å². The minimum atomic E-state index is -0.710. The molecule has 2 rings (SSSR count). The highest BCUT2D eigenvalue weighted by Gasteiger charge is 2.46. The standard InChI is InChI=1S/C12H22N2O2/c1-9-3-2-4-11(16,7-9)8-14-10(15)12(13)5-6-12/h9,16H,2-8,13H2,1H3,(H,14,15). The van der Waals surface area contributed by atoms with Gasteiger partial charge in [-0.1, -0.05) is 19.8 Å². The van der Waals surface area contributed by atoms with Gasteiger partial charge in [-0.15, -0.1) is 0 Å². The Bertz CT molecular complexity index is 289. The quantitative estimate of drug-likeness (QED) is 0.657. The van der Waals surface area contributed by atoms with Gasteiger partial charge < -0.3 is 16.2 Å². The van der Waals surface area contributed by atoms with E-state index in [0.29, 0.717) is 12.5 Å². The van der Waals surface area contributed by atoms with E-state index < -0.39 is 11.1 Å². The molecular formula is C12H22N2O2. The highest BCUT2D eigenvalue weighted by molar-refractivity contribution is 5.89. The van der Waals surface area contributed by atoms with Gasteiger partial charge in [-0.05, 0) is 31.6 Å². The lowest BCUT2D eigenvalue weighted by atomic mass is 9.79. The predicted octanol–water partition coefficient (Wildman–Crippen LogP) is 0.535. The number of hydrogen-bond donors (Lipinski definition) is 3. The number of rotatable bonds is 3. The first-order chi connectivity index (χ1) is 7.44. The van der Waals surface area contributed by atoms with E-state index in [4.69, 9.17) is 5.73 Å². The Labute approximate surface area is 96.6 Å². The van der Waals surface area contributed by atoms with E-state index in [2.05, 4.69) is 12.2 Å². The monoisotopic (exact) mass is 226 g/mol. The molecule has 0 spiro atoms. The molecule has 0 aromatic heterocycles. The first-order valence-corrected chi connectivity index (χ1v) is 6.23. The van der Waals surface area contributed by atoms with Crippen LogP contribution in [0.25, 0.3) is 0 Å². The van der Waals surface area contributed by atoms with E-state index in [9.17, 15) is 9.90 Å². The summed E-state index contributed by atoms with van der Waals surface area (Å²) in [5.74, 6) is 0.447. The van der Waals surface area contributed by atoms with Crippen LogP contribution in [0.15, 0.2) is 0 Å². The van der Waals surface area contributed by atoms with Crippen molar-refractivity contribution in [1.82, 2.24) is 5.32 Å². The summed E-state index contributed by atoms with van der Waals surface area (Å²) in [6.07, 6.45) is 5.33. The number of nitrogens with one attached hydrogen (secondary N) is 1. The number of aliphatic hydroxyl groups is 1. The van der Waals surface area contributed by atoms with Crippen molar-refractivity contribution in [2.45, 2.75) is 56.6 Å². The van der Waals surface area contributed by atoms with Gasteiger partial charge >= 0.3 is 0 Å². The molecule has 0 radical (unpaired) electrons. The molecule has 2 fully saturated rings. The van der Waals surface area contributed by atoms with E-state index in [1.54, 1.807) is 0 Å². The Hall–Kier alpha value is -0.610. The molecule has 16 heavy (non-hydrogen) atoms. The SMILES string of the molecule is CC1CCCC(O)(CNC(=O)C2(N)CC2)C1. The maximum absolute atomic E-state index is 11.6. The maximum atomic E-state index is 11.6. The van der Waals surface area contributed by atoms with Crippen LogP contribution in [0, 0.1) is 5.92 Å². The van der Waals surface area contributed by atoms with Crippen molar-refractivity contribution in [1.29, 1.82) is 0 Å². The minimum Gasteiger partial charge on any atom is -0.388 e. The lowest BCUT2D eigenvalue weighted by Crippen LogP contribution is -2.50. The molecule has 2 atom stereocenters. The summed E-state index contributed by atoms with van der Waals surface area (Å²) >= 11 is 0. The third-order valence-corrected chi connectivity index (χ3v) is 3.89. The molecule has 0 aromatic carbocycles. The molecule has 0 aliphatic heterocycles. The molecule has 0 aromatic rings. The van der Waals surface area contributed by atoms with Crippen molar-refractivity contribution < 1.29 is 9.90 Å². The molecule has 92 valence electrons. The Kier molecular flexibility index (Phi) is 2.97. The molecule has 2 unspecified atom stereocenters. The van der Waals surface area contributed by atoms with Gasteiger partial charge in [-0.25, -0.2) is 0 Å². The zero-order chi connectivity index (χ0) is 11.8. The van der Waals surface area contributed by atoms with Crippen LogP contribution in [0.2, 0.25) is 0 Å². The zero-order valence-corrected chi connectivity index (χ0v) is 9.96. The third kappa shape index (κ3) is 2.55. The first-order valence-electron chi connectivity index (χ1n) is 6.23. The Balaban J connectivity index is 1.82. The van der Waals surface area contributed by atoms with Crippen molar-refractivity contribution in [2.24, 2.45) is 11.7 Å². The fraction of sp³-hybridized carbons (Fsp3) is 0.917. The highest BCUT2D eigenvalue weighted by Crippen LogP contribution is 2.34. The summed E-state index contributed by atoms with van der Waals surface area (Å²) in [5.41, 5.74) is 4.44. The molecule has 4 nitrogen and oxygen atoms in total. The molecule has 1 amide bonds. The number of nitrogens with two attached hydrogens (primary N) is 1. The van der Waals surface area contributed by atoms with Crippen molar-refractivity contribution in [3.63, 3.8) is 0 Å². The van der Waals surface area contributed by atoms with E-state index in [0.717, 1.165) is 32.1 Å². The summed E-state index contributed by atoms with van der Waals surface area (Å²) in [4.78, 5) is 11.6. The van der Waals surface area contributed by atoms with Gasteiger partial charge in [0, 0.05) is 6.54 Å². The van der Waals surface area contributed by atoms with Gasteiger partial charge in [-0.3, -0.25) is 4.79 Å². The van der Waals surface area contributed by atoms with Crippen LogP contribution in [0.4, 0.5) is 0 Å². The Morgan fingerprint density at radius 3 is 2.75 bits per heavy atom. The Morgan fingerprint density at radius 1 is 1.50 bits per heavy atom. The second-order valence-corrected chi connectivity index (χ2v) is 5.76. The fourth-order valence-electron chi connectivity index (χ4n) is 2.58. The number of amides is 1. The first kappa shape index (κ1) is 11.9. The lowest BCUT2D eigenvalue weighted by Gasteiger charge is -2.35. The van der Waals surface area contributed by atoms with E-state index in [1.165, 1.54) is 6.42 Å². The molecule has 0 heterocycles. The predicted molar refractivity (Wildman–Crippen MR) is 61.7 cm³/mol. The summed E-state index contributed by atoms with van der Waals surface area (Å²) in [7, 11) is 0. The van der Waals surface area contributed by atoms with Gasteiger partial charge in [0.1, 0.15) is 0 Å². The van der Waals surface area contributed by atoms with Crippen LogP contribution in [-0.4, -0.2) is 28.7 Å². The van der Waals surface area contributed by atoms with Gasteiger partial charge in [0.2, 0.25) is 5.91 Å². The van der Waals surface area contributed by atoms with E-state index in [-0.39, 0.29) is 5.91 Å². The maximum Gasteiger partial charge on any atom is 0.240 e. The molecule has 0 saturated heterocycles. The largest absolute Gasteiger partial charge is 0.388 e. The van der Waals surface area contributed by atoms with Crippen LogP contribution in [-0.2, 0) is 4.79 Å². The Morgan fingerprint density at radius 2 is 2.19 bits per heavy atom. The number of hydrogen-bond acceptors (Lipinski definition) is 3. The molecule has 4 heteroatoms. The van der Waals surface area contributed by atoms with Crippen molar-refractivity contribution >= 4 is 5.91 Å². The second-order valence-electron chi connectivity index (χ2n) is 5.76. The van der Waals surface area contributed by atoms with Gasteiger partial charge in [-0.2, -0.15) is 0 Å². The molecule has 2 aliphatic carbocycles. The zero-order valence-electron chi connectivity index (χ0n) is 9.96. The summed E-state index contributed by atoms with van der Waals surface area (Å²) in [5, 5.41) is 13.1. The van der Waals surface area contributed by atoms with Gasteiger partial charge in [0.05, 0.1) is 11.1 Å². The van der Waals surface area contributed by atoms with Crippen molar-refractivity contribution in [3.8, 4) is 0 Å². The van der Waals surface area contributed by atoms with Crippen LogP contribution in [0.3, 0.4) is 0 Å². The summed E-state index contributed by atoms with van der Waals surface area (Å²) in [6.45, 7) is 2.51. The molecular weight excluding hydrogens is 204 g/mol. The average molecular weight is 226 g/mol. The van der Waals surface area contributed by atoms with Crippen LogP contribution >= 0.6 is 0 Å². The minimum absolute atomic E-state index is 0.0980. The number of carbonyl (C=O) groups excluding carboxylic acids is 1. The average Bonchev–Trinajstić information content (AvgIpc) is 2.94. The smallest absolute Gasteiger partial charge is 0.240 e. The third-order valence-electron chi connectivity index (χ3n) is 3.89. The summed E-state index contributed by atoms with van der Waals surface area (Å²) < 4.78 is 0. The topological polar surface area (TPSA) is 75.3 Å². The highest BCUT2D eigenvalue weighted by atomic mass is 16.3. The molecule has 4 N–H and O–H groups in total. The molecule has 0 bridgehead atoms. The lowest BCUT2D eigenvalue weighted by molar-refractivity contribution is -0.125. The van der Waals surface area contributed by atoms with Crippen LogP contribution in [0.1, 0.15) is 45.4 Å². The fourth-order valence-corrected chi connectivity index (χ4v) is 2.58. The van der Waals surface area contributed by atoms with E-state index >= 15 is 0 Å². The van der Waals surface area contributed by atoms with Crippen LogP contribution < -0.4 is 11.1 Å². The number of carbonyl (C=O) groups is 1.